The highest BCUT2D eigenvalue weighted by Gasteiger charge is 2.11. The lowest BCUT2D eigenvalue weighted by Gasteiger charge is -2.18. The van der Waals surface area contributed by atoms with Gasteiger partial charge in [-0.05, 0) is 36.6 Å². The molecule has 0 spiro atoms. The number of rotatable bonds is 6. The van der Waals surface area contributed by atoms with Crippen molar-refractivity contribution < 1.29 is 0 Å². The highest BCUT2D eigenvalue weighted by Crippen LogP contribution is 2.20. The van der Waals surface area contributed by atoms with Gasteiger partial charge in [0.2, 0.25) is 0 Å². The Labute approximate surface area is 115 Å². The third-order valence-electron chi connectivity index (χ3n) is 3.33. The molecule has 0 saturated carbocycles. The van der Waals surface area contributed by atoms with Crippen LogP contribution in [0.2, 0.25) is 0 Å². The van der Waals surface area contributed by atoms with Crippen LogP contribution in [0.15, 0.2) is 48.8 Å². The second kappa shape index (κ2) is 7.05. The van der Waals surface area contributed by atoms with Crippen LogP contribution in [0.1, 0.15) is 29.5 Å². The zero-order valence-electron chi connectivity index (χ0n) is 11.8. The molecule has 2 aromatic rings. The number of hydrogen-bond acceptors (Lipinski definition) is 2. The van der Waals surface area contributed by atoms with Gasteiger partial charge in [-0.25, -0.2) is 0 Å². The van der Waals surface area contributed by atoms with Crippen molar-refractivity contribution in [2.24, 2.45) is 0 Å². The summed E-state index contributed by atoms with van der Waals surface area (Å²) >= 11 is 0. The molecular formula is C17H22N2. The predicted molar refractivity (Wildman–Crippen MR) is 80.4 cm³/mol. The van der Waals surface area contributed by atoms with Gasteiger partial charge in [0.1, 0.15) is 0 Å². The molecule has 100 valence electrons. The Hall–Kier alpha value is -1.67. The molecule has 1 aromatic heterocycles. The molecule has 2 rings (SSSR count). The number of pyridine rings is 1. The fourth-order valence-corrected chi connectivity index (χ4v) is 2.37. The molecule has 1 N–H and O–H groups in total. The SMILES string of the molecule is CCNCC(Cc1cncc(C)c1)c1ccccc1. The third-order valence-corrected chi connectivity index (χ3v) is 3.33. The number of nitrogens with one attached hydrogen (secondary N) is 1. The van der Waals surface area contributed by atoms with Crippen molar-refractivity contribution in [3.63, 3.8) is 0 Å². The molecule has 0 bridgehead atoms. The van der Waals surface area contributed by atoms with E-state index in [1.165, 1.54) is 16.7 Å². The Morgan fingerprint density at radius 1 is 1.16 bits per heavy atom. The molecule has 1 heterocycles. The first-order chi connectivity index (χ1) is 9.29. The van der Waals surface area contributed by atoms with Crippen LogP contribution in [0.5, 0.6) is 0 Å². The standard InChI is InChI=1S/C17H22N2/c1-3-18-13-17(16-7-5-4-6-8-16)10-15-9-14(2)11-19-12-15/h4-9,11-12,17-18H,3,10,13H2,1-2H3. The summed E-state index contributed by atoms with van der Waals surface area (Å²) in [5.41, 5.74) is 3.93. The van der Waals surface area contributed by atoms with Crippen LogP contribution < -0.4 is 5.32 Å². The van der Waals surface area contributed by atoms with Crippen LogP contribution in [0.4, 0.5) is 0 Å². The summed E-state index contributed by atoms with van der Waals surface area (Å²) in [5, 5.41) is 3.46. The summed E-state index contributed by atoms with van der Waals surface area (Å²) in [6, 6.07) is 13.0. The molecule has 2 nitrogen and oxygen atoms in total. The van der Waals surface area contributed by atoms with Crippen molar-refractivity contribution in [1.82, 2.24) is 10.3 Å². The molecule has 0 aliphatic rings. The maximum Gasteiger partial charge on any atom is 0.0300 e. The van der Waals surface area contributed by atoms with E-state index in [1.807, 2.05) is 12.4 Å². The van der Waals surface area contributed by atoms with Gasteiger partial charge in [0.25, 0.3) is 0 Å². The highest BCUT2D eigenvalue weighted by atomic mass is 14.8. The van der Waals surface area contributed by atoms with Crippen LogP contribution in [0, 0.1) is 6.92 Å². The first kappa shape index (κ1) is 13.8. The van der Waals surface area contributed by atoms with Crippen LogP contribution in [0.25, 0.3) is 0 Å². The molecule has 19 heavy (non-hydrogen) atoms. The number of benzene rings is 1. The van der Waals surface area contributed by atoms with Crippen molar-refractivity contribution >= 4 is 0 Å². The Morgan fingerprint density at radius 2 is 1.95 bits per heavy atom. The van der Waals surface area contributed by atoms with Gasteiger partial charge in [0.15, 0.2) is 0 Å². The maximum absolute atomic E-state index is 4.29. The van der Waals surface area contributed by atoms with Gasteiger partial charge in [-0.15, -0.1) is 0 Å². The lowest BCUT2D eigenvalue weighted by atomic mass is 9.92. The molecule has 0 fully saturated rings. The summed E-state index contributed by atoms with van der Waals surface area (Å²) in [5.74, 6) is 0.504. The molecule has 2 heteroatoms. The quantitative estimate of drug-likeness (QED) is 0.855. The Balaban J connectivity index is 2.14. The van der Waals surface area contributed by atoms with E-state index < -0.39 is 0 Å². The van der Waals surface area contributed by atoms with E-state index in [2.05, 4.69) is 60.5 Å². The largest absolute Gasteiger partial charge is 0.316 e. The second-order valence-corrected chi connectivity index (χ2v) is 4.99. The van der Waals surface area contributed by atoms with Gasteiger partial charge < -0.3 is 5.32 Å². The van der Waals surface area contributed by atoms with Crippen molar-refractivity contribution in [3.8, 4) is 0 Å². The molecule has 0 aliphatic carbocycles. The van der Waals surface area contributed by atoms with Gasteiger partial charge in [-0.1, -0.05) is 43.3 Å². The van der Waals surface area contributed by atoms with Crippen LogP contribution in [0.3, 0.4) is 0 Å². The Morgan fingerprint density at radius 3 is 2.63 bits per heavy atom. The topological polar surface area (TPSA) is 24.9 Å². The number of aryl methyl sites for hydroxylation is 1. The predicted octanol–water partition coefficient (Wildman–Crippen LogP) is 3.33. The minimum atomic E-state index is 0.504. The number of aromatic nitrogens is 1. The molecule has 1 atom stereocenters. The monoisotopic (exact) mass is 254 g/mol. The normalized spacial score (nSPS) is 12.3. The lowest BCUT2D eigenvalue weighted by molar-refractivity contribution is 0.594. The van der Waals surface area contributed by atoms with E-state index in [4.69, 9.17) is 0 Å². The zero-order valence-corrected chi connectivity index (χ0v) is 11.8. The van der Waals surface area contributed by atoms with E-state index in [-0.39, 0.29) is 0 Å². The van der Waals surface area contributed by atoms with Gasteiger partial charge >= 0.3 is 0 Å². The van der Waals surface area contributed by atoms with Crippen LogP contribution in [-0.2, 0) is 6.42 Å². The number of nitrogens with zero attached hydrogens (tertiary/aromatic N) is 1. The smallest absolute Gasteiger partial charge is 0.0300 e. The average Bonchev–Trinajstić information content (AvgIpc) is 2.44. The third kappa shape index (κ3) is 4.18. The van der Waals surface area contributed by atoms with E-state index >= 15 is 0 Å². The molecule has 0 amide bonds. The summed E-state index contributed by atoms with van der Waals surface area (Å²) in [6.45, 7) is 6.26. The first-order valence-electron chi connectivity index (χ1n) is 6.95. The van der Waals surface area contributed by atoms with Gasteiger partial charge in [-0.2, -0.15) is 0 Å². The van der Waals surface area contributed by atoms with Crippen molar-refractivity contribution in [3.05, 3.63) is 65.5 Å². The van der Waals surface area contributed by atoms with Gasteiger partial charge in [-0.3, -0.25) is 4.98 Å². The minimum absolute atomic E-state index is 0.504. The van der Waals surface area contributed by atoms with E-state index in [1.54, 1.807) is 0 Å². The Kier molecular flexibility index (Phi) is 5.10. The van der Waals surface area contributed by atoms with Gasteiger partial charge in [0.05, 0.1) is 0 Å². The van der Waals surface area contributed by atoms with Crippen LogP contribution >= 0.6 is 0 Å². The van der Waals surface area contributed by atoms with Crippen molar-refractivity contribution in [2.75, 3.05) is 13.1 Å². The van der Waals surface area contributed by atoms with E-state index in [0.29, 0.717) is 5.92 Å². The average molecular weight is 254 g/mol. The fraction of sp³-hybridized carbons (Fsp3) is 0.353. The second-order valence-electron chi connectivity index (χ2n) is 4.99. The molecule has 0 saturated heterocycles. The molecular weight excluding hydrogens is 232 g/mol. The fourth-order valence-electron chi connectivity index (χ4n) is 2.37. The molecule has 1 unspecified atom stereocenters. The van der Waals surface area contributed by atoms with Gasteiger partial charge in [0, 0.05) is 24.9 Å². The minimum Gasteiger partial charge on any atom is -0.316 e. The van der Waals surface area contributed by atoms with Crippen LogP contribution in [-0.4, -0.2) is 18.1 Å². The highest BCUT2D eigenvalue weighted by molar-refractivity contribution is 5.25. The van der Waals surface area contributed by atoms with E-state index in [0.717, 1.165) is 19.5 Å². The molecule has 0 aliphatic heterocycles. The Bertz CT molecular complexity index is 494. The summed E-state index contributed by atoms with van der Waals surface area (Å²) in [4.78, 5) is 4.29. The number of likely N-dealkylation sites (N-methyl/N-ethyl adjacent to an activating group) is 1. The summed E-state index contributed by atoms with van der Waals surface area (Å²) < 4.78 is 0. The van der Waals surface area contributed by atoms with Crippen molar-refractivity contribution in [1.29, 1.82) is 0 Å². The summed E-state index contributed by atoms with van der Waals surface area (Å²) in [6.07, 6.45) is 4.92. The van der Waals surface area contributed by atoms with E-state index in [9.17, 15) is 0 Å². The lowest BCUT2D eigenvalue weighted by Crippen LogP contribution is -2.22. The summed E-state index contributed by atoms with van der Waals surface area (Å²) in [7, 11) is 0. The number of hydrogen-bond donors (Lipinski definition) is 1. The maximum atomic E-state index is 4.29. The molecule has 1 aromatic carbocycles. The zero-order chi connectivity index (χ0) is 13.5. The van der Waals surface area contributed by atoms with Crippen molar-refractivity contribution in [2.45, 2.75) is 26.2 Å². The molecule has 0 radical (unpaired) electrons. The first-order valence-corrected chi connectivity index (χ1v) is 6.95.